The minimum atomic E-state index is -0.898. The summed E-state index contributed by atoms with van der Waals surface area (Å²) in [6, 6.07) is 1.43. The van der Waals surface area contributed by atoms with Crippen LogP contribution in [0.4, 0.5) is 13.2 Å². The molecule has 18 heavy (non-hydrogen) atoms. The molecule has 0 unspecified atom stereocenters. The molecule has 1 aromatic carbocycles. The third-order valence-corrected chi connectivity index (χ3v) is 3.31. The van der Waals surface area contributed by atoms with E-state index in [2.05, 4.69) is 5.16 Å². The number of amidine groups is 1. The van der Waals surface area contributed by atoms with Crippen molar-refractivity contribution in [1.29, 1.82) is 0 Å². The first-order valence-electron chi connectivity index (χ1n) is 5.73. The van der Waals surface area contributed by atoms with Gasteiger partial charge < -0.3 is 9.74 Å². The third kappa shape index (κ3) is 1.81. The lowest BCUT2D eigenvalue weighted by Crippen LogP contribution is -2.32. The Morgan fingerprint density at radius 3 is 2.61 bits per heavy atom. The van der Waals surface area contributed by atoms with E-state index in [0.29, 0.717) is 44.1 Å². The molecule has 0 spiro atoms. The van der Waals surface area contributed by atoms with Crippen LogP contribution in [-0.2, 0) is 4.84 Å². The van der Waals surface area contributed by atoms with Gasteiger partial charge in [-0.05, 0) is 0 Å². The van der Waals surface area contributed by atoms with Crippen LogP contribution in [0.5, 0.6) is 0 Å². The zero-order valence-electron chi connectivity index (χ0n) is 9.50. The molecule has 2 aliphatic heterocycles. The van der Waals surface area contributed by atoms with Crippen molar-refractivity contribution in [3.05, 3.63) is 35.1 Å². The van der Waals surface area contributed by atoms with Crippen LogP contribution in [-0.4, -0.2) is 30.4 Å². The first-order valence-corrected chi connectivity index (χ1v) is 5.73. The van der Waals surface area contributed by atoms with E-state index < -0.39 is 17.5 Å². The summed E-state index contributed by atoms with van der Waals surface area (Å²) in [5.41, 5.74) is -0.0616. The maximum absolute atomic E-state index is 13.7. The molecule has 1 fully saturated rings. The topological polar surface area (TPSA) is 24.8 Å². The van der Waals surface area contributed by atoms with Gasteiger partial charge in [0.15, 0.2) is 0 Å². The third-order valence-electron chi connectivity index (χ3n) is 3.31. The van der Waals surface area contributed by atoms with Gasteiger partial charge in [-0.15, -0.1) is 0 Å². The molecule has 0 amide bonds. The first kappa shape index (κ1) is 11.4. The summed E-state index contributed by atoms with van der Waals surface area (Å²) in [6.45, 7) is 1.63. The highest BCUT2D eigenvalue weighted by atomic mass is 19.1. The molecule has 6 heteroatoms. The van der Waals surface area contributed by atoms with Crippen molar-refractivity contribution in [3.63, 3.8) is 0 Å². The summed E-state index contributed by atoms with van der Waals surface area (Å²) in [5, 5.41) is 3.87. The number of oxime groups is 1. The van der Waals surface area contributed by atoms with Gasteiger partial charge in [-0.2, -0.15) is 0 Å². The molecule has 2 heterocycles. The van der Waals surface area contributed by atoms with Crippen LogP contribution >= 0.6 is 0 Å². The molecule has 1 atom stereocenters. The van der Waals surface area contributed by atoms with Crippen molar-refractivity contribution in [3.8, 4) is 0 Å². The normalized spacial score (nSPS) is 22.5. The van der Waals surface area contributed by atoms with Crippen LogP contribution in [0, 0.1) is 17.5 Å². The Hall–Kier alpha value is -1.72. The zero-order chi connectivity index (χ0) is 12.7. The molecule has 3 nitrogen and oxygen atoms in total. The maximum Gasteiger partial charge on any atom is 0.145 e. The number of hydrogen-bond acceptors (Lipinski definition) is 3. The van der Waals surface area contributed by atoms with Crippen LogP contribution in [0.2, 0.25) is 0 Å². The van der Waals surface area contributed by atoms with Gasteiger partial charge >= 0.3 is 0 Å². The molecule has 1 saturated heterocycles. The fourth-order valence-electron chi connectivity index (χ4n) is 2.51. The zero-order valence-corrected chi connectivity index (χ0v) is 9.50. The Bertz CT molecular complexity index is 495. The minimum absolute atomic E-state index is 0.0616. The second-order valence-corrected chi connectivity index (χ2v) is 4.47. The Balaban J connectivity index is 1.93. The smallest absolute Gasteiger partial charge is 0.145 e. The fraction of sp³-hybridized carbons (Fsp3) is 0.417. The van der Waals surface area contributed by atoms with Crippen LogP contribution in [0.25, 0.3) is 0 Å². The second kappa shape index (κ2) is 4.19. The van der Waals surface area contributed by atoms with Crippen molar-refractivity contribution in [2.75, 3.05) is 19.7 Å². The van der Waals surface area contributed by atoms with Gasteiger partial charge in [0.05, 0.1) is 6.54 Å². The number of hydrogen-bond donors (Lipinski definition) is 0. The molecule has 0 aliphatic carbocycles. The van der Waals surface area contributed by atoms with Gasteiger partial charge in [-0.1, -0.05) is 5.16 Å². The van der Waals surface area contributed by atoms with Gasteiger partial charge in [0.1, 0.15) is 29.9 Å². The predicted octanol–water partition coefficient (Wildman–Crippen LogP) is 2.24. The molecule has 0 saturated carbocycles. The molecule has 0 bridgehead atoms. The Morgan fingerprint density at radius 1 is 1.22 bits per heavy atom. The molecule has 3 rings (SSSR count). The molecule has 0 aromatic heterocycles. The molecular formula is C12H11F3N2O. The molecular weight excluding hydrogens is 245 g/mol. The lowest BCUT2D eigenvalue weighted by molar-refractivity contribution is 0.106. The minimum Gasteiger partial charge on any atom is -0.392 e. The number of nitrogens with zero attached hydrogens (tertiary/aromatic N) is 2. The summed E-state index contributed by atoms with van der Waals surface area (Å²) in [4.78, 5) is 6.89. The average molecular weight is 256 g/mol. The quantitative estimate of drug-likeness (QED) is 0.769. The van der Waals surface area contributed by atoms with E-state index in [4.69, 9.17) is 4.84 Å². The van der Waals surface area contributed by atoms with E-state index in [1.54, 1.807) is 0 Å². The van der Waals surface area contributed by atoms with Gasteiger partial charge in [0.25, 0.3) is 0 Å². The first-order chi connectivity index (χ1) is 8.65. The van der Waals surface area contributed by atoms with Gasteiger partial charge in [-0.25, -0.2) is 13.2 Å². The number of halogens is 3. The molecule has 0 N–H and O–H groups in total. The summed E-state index contributed by atoms with van der Waals surface area (Å²) >= 11 is 0. The van der Waals surface area contributed by atoms with Crippen LogP contribution in [0.1, 0.15) is 17.9 Å². The predicted molar refractivity (Wildman–Crippen MR) is 58.6 cm³/mol. The average Bonchev–Trinajstić information content (AvgIpc) is 2.70. The highest BCUT2D eigenvalue weighted by Gasteiger charge is 2.34. The van der Waals surface area contributed by atoms with E-state index in [9.17, 15) is 13.2 Å². The fourth-order valence-corrected chi connectivity index (χ4v) is 2.51. The van der Waals surface area contributed by atoms with E-state index in [0.717, 1.165) is 0 Å². The molecule has 1 aromatic rings. The molecule has 0 radical (unpaired) electrons. The van der Waals surface area contributed by atoms with Crippen molar-refractivity contribution >= 4 is 5.84 Å². The summed E-state index contributed by atoms with van der Waals surface area (Å²) in [6.07, 6.45) is 0.416. The number of fused-ring (bicyclic) bond motifs is 1. The lowest BCUT2D eigenvalue weighted by atomic mass is 9.97. The number of benzene rings is 1. The summed E-state index contributed by atoms with van der Waals surface area (Å²) in [7, 11) is 0. The highest BCUT2D eigenvalue weighted by molar-refractivity contribution is 5.85. The highest BCUT2D eigenvalue weighted by Crippen LogP contribution is 2.33. The Labute approximate surface area is 102 Å². The van der Waals surface area contributed by atoms with Crippen molar-refractivity contribution in [2.24, 2.45) is 5.16 Å². The van der Waals surface area contributed by atoms with Gasteiger partial charge in [-0.3, -0.25) is 0 Å². The van der Waals surface area contributed by atoms with Gasteiger partial charge in [0, 0.05) is 36.6 Å². The van der Waals surface area contributed by atoms with Crippen molar-refractivity contribution in [1.82, 2.24) is 4.90 Å². The summed E-state index contributed by atoms with van der Waals surface area (Å²) < 4.78 is 40.2. The van der Waals surface area contributed by atoms with Crippen LogP contribution in [0.3, 0.4) is 0 Å². The number of rotatable bonds is 1. The van der Waals surface area contributed by atoms with E-state index in [-0.39, 0.29) is 11.5 Å². The largest absolute Gasteiger partial charge is 0.392 e. The molecule has 2 aliphatic rings. The van der Waals surface area contributed by atoms with Gasteiger partial charge in [0.2, 0.25) is 0 Å². The summed E-state index contributed by atoms with van der Waals surface area (Å²) in [5.74, 6) is -2.21. The second-order valence-electron chi connectivity index (χ2n) is 4.47. The van der Waals surface area contributed by atoms with Crippen molar-refractivity contribution in [2.45, 2.75) is 12.3 Å². The van der Waals surface area contributed by atoms with Crippen molar-refractivity contribution < 1.29 is 18.0 Å². The molecule has 96 valence electrons. The Morgan fingerprint density at radius 2 is 1.94 bits per heavy atom. The maximum atomic E-state index is 13.7. The van der Waals surface area contributed by atoms with Crippen LogP contribution in [0.15, 0.2) is 17.3 Å². The SMILES string of the molecule is Fc1cc(F)c([C@H]2CC3=NOCCN3C2)c(F)c1. The monoisotopic (exact) mass is 256 g/mol. The van der Waals surface area contributed by atoms with Crippen LogP contribution < -0.4 is 0 Å². The van der Waals surface area contributed by atoms with E-state index in [1.165, 1.54) is 0 Å². The van der Waals surface area contributed by atoms with E-state index >= 15 is 0 Å². The standard InChI is InChI=1S/C12H11F3N2O/c13-8-4-9(14)12(10(15)5-8)7-3-11-16-18-2-1-17(11)6-7/h4-5,7H,1-3,6H2/t7-/m0/s1. The van der Waals surface area contributed by atoms with E-state index in [1.807, 2.05) is 4.90 Å². The Kier molecular flexibility index (Phi) is 2.65. The lowest BCUT2D eigenvalue weighted by Gasteiger charge is -2.21.